The van der Waals surface area contributed by atoms with E-state index in [1.807, 2.05) is 27.7 Å². The molecule has 0 aromatic carbocycles. The van der Waals surface area contributed by atoms with E-state index in [1.54, 1.807) is 0 Å². The Kier molecular flexibility index (Phi) is 20.6. The van der Waals surface area contributed by atoms with E-state index in [9.17, 15) is 4.79 Å². The molecular weight excluding hydrogens is 402 g/mol. The van der Waals surface area contributed by atoms with Gasteiger partial charge in [-0.15, -0.1) is 0 Å². The quantitative estimate of drug-likeness (QED) is 0.215. The Morgan fingerprint density at radius 3 is 1.93 bits per heavy atom. The number of rotatable bonds is 15. The highest BCUT2D eigenvalue weighted by molar-refractivity contribution is 8.22. The van der Waals surface area contributed by atoms with Gasteiger partial charge in [-0.2, -0.15) is 0 Å². The number of thioether (sulfide) groups is 1. The molecule has 0 saturated carbocycles. The molecule has 0 spiro atoms. The van der Waals surface area contributed by atoms with Gasteiger partial charge in [-0.1, -0.05) is 50.7 Å². The third kappa shape index (κ3) is 16.5. The van der Waals surface area contributed by atoms with Crippen LogP contribution in [-0.2, 0) is 18.1 Å². The fourth-order valence-corrected chi connectivity index (χ4v) is 6.02. The maximum Gasteiger partial charge on any atom is 0.500 e. The highest BCUT2D eigenvalue weighted by atomic mass is 32.2. The number of unbranched alkanes of at least 4 members (excludes halogenated alkanes) is 1. The van der Waals surface area contributed by atoms with Crippen LogP contribution < -0.4 is 5.73 Å². The van der Waals surface area contributed by atoms with Gasteiger partial charge in [0.25, 0.3) is 0 Å². The Morgan fingerprint density at radius 1 is 1.07 bits per heavy atom. The normalized spacial score (nSPS) is 12.2. The molecule has 27 heavy (non-hydrogen) atoms. The molecule has 0 bridgehead atoms. The van der Waals surface area contributed by atoms with E-state index in [-0.39, 0.29) is 5.92 Å². The molecule has 0 aromatic rings. The van der Waals surface area contributed by atoms with Crippen LogP contribution in [0, 0.1) is 5.92 Å². The Labute approximate surface area is 176 Å². The molecule has 0 aliphatic rings. The molecule has 3 N–H and O–H groups in total. The molecular formula is C18H39NO5S2Si. The van der Waals surface area contributed by atoms with E-state index >= 15 is 0 Å². The number of hydrogen-bond acceptors (Lipinski definition) is 6. The first kappa shape index (κ1) is 29.0. The molecule has 162 valence electrons. The molecule has 0 aliphatic heterocycles. The number of carboxylic acid groups (broad SMARTS) is 1. The van der Waals surface area contributed by atoms with E-state index in [2.05, 4.69) is 6.92 Å². The van der Waals surface area contributed by atoms with Crippen LogP contribution in [0.1, 0.15) is 66.7 Å². The molecule has 1 unspecified atom stereocenters. The standard InChI is InChI=1S/C10H23NO3S2Si.C8H16O2/c1-4-12-17(13-5-2,14-6-3)9-7-8-16-10(11)15;1-3-5-6-7(4-2)8(9)10/h4-9H2,1-3H3,(H2,11,15);7H,3-6H2,1-2H3,(H,9,10). The zero-order valence-electron chi connectivity index (χ0n) is 17.6. The predicted octanol–water partition coefficient (Wildman–Crippen LogP) is 4.69. The molecule has 0 radical (unpaired) electrons. The van der Waals surface area contributed by atoms with Crippen molar-refractivity contribution in [2.75, 3.05) is 25.6 Å². The summed E-state index contributed by atoms with van der Waals surface area (Å²) >= 11 is 6.31. The van der Waals surface area contributed by atoms with E-state index < -0.39 is 14.8 Å². The lowest BCUT2D eigenvalue weighted by molar-refractivity contribution is -0.142. The summed E-state index contributed by atoms with van der Waals surface area (Å²) in [7, 11) is -2.46. The molecule has 1 atom stereocenters. The van der Waals surface area contributed by atoms with Gasteiger partial charge >= 0.3 is 14.8 Å². The van der Waals surface area contributed by atoms with Crippen molar-refractivity contribution in [3.05, 3.63) is 0 Å². The van der Waals surface area contributed by atoms with Gasteiger partial charge in [-0.3, -0.25) is 4.79 Å². The van der Waals surface area contributed by atoms with Crippen LogP contribution in [0.4, 0.5) is 0 Å². The highest BCUT2D eigenvalue weighted by Gasteiger charge is 2.39. The zero-order chi connectivity index (χ0) is 21.1. The van der Waals surface area contributed by atoms with Crippen LogP contribution in [0.2, 0.25) is 6.04 Å². The lowest BCUT2D eigenvalue weighted by atomic mass is 10.00. The smallest absolute Gasteiger partial charge is 0.481 e. The molecule has 0 saturated heterocycles. The van der Waals surface area contributed by atoms with Crippen molar-refractivity contribution >= 4 is 43.1 Å². The lowest BCUT2D eigenvalue weighted by Gasteiger charge is -2.28. The number of carboxylic acids is 1. The average molecular weight is 442 g/mol. The third-order valence-electron chi connectivity index (χ3n) is 3.71. The minimum absolute atomic E-state index is 0.111. The maximum absolute atomic E-state index is 10.4. The first-order chi connectivity index (χ1) is 12.8. The van der Waals surface area contributed by atoms with E-state index in [1.165, 1.54) is 11.8 Å². The molecule has 0 rings (SSSR count). The van der Waals surface area contributed by atoms with Crippen LogP contribution in [-0.4, -0.2) is 49.8 Å². The maximum atomic E-state index is 10.4. The minimum atomic E-state index is -2.46. The Bertz CT molecular complexity index is 372. The summed E-state index contributed by atoms with van der Waals surface area (Å²) in [6.07, 6.45) is 4.65. The third-order valence-corrected chi connectivity index (χ3v) is 7.99. The largest absolute Gasteiger partial charge is 0.500 e. The molecule has 0 fully saturated rings. The minimum Gasteiger partial charge on any atom is -0.481 e. The van der Waals surface area contributed by atoms with E-state index in [0.717, 1.165) is 43.9 Å². The molecule has 0 aliphatic carbocycles. The fourth-order valence-electron chi connectivity index (χ4n) is 2.42. The number of thiocarbonyl (C=S) groups is 1. The van der Waals surface area contributed by atoms with Crippen molar-refractivity contribution in [1.82, 2.24) is 0 Å². The number of hydrogen-bond donors (Lipinski definition) is 2. The topological polar surface area (TPSA) is 91.0 Å². The SMILES string of the molecule is CCCCC(CC)C(=O)O.CCO[Si](CCCSC(N)=S)(OCC)OCC. The van der Waals surface area contributed by atoms with Gasteiger partial charge in [0.2, 0.25) is 0 Å². The van der Waals surface area contributed by atoms with Crippen LogP contribution in [0.15, 0.2) is 0 Å². The molecule has 0 aromatic heterocycles. The summed E-state index contributed by atoms with van der Waals surface area (Å²) in [4.78, 5) is 10.4. The number of carbonyl (C=O) groups is 1. The molecule has 9 heteroatoms. The second kappa shape index (κ2) is 19.1. The first-order valence-corrected chi connectivity index (χ1v) is 13.2. The Hall–Kier alpha value is -0.193. The van der Waals surface area contributed by atoms with E-state index in [0.29, 0.717) is 24.1 Å². The van der Waals surface area contributed by atoms with Gasteiger partial charge in [-0.25, -0.2) is 0 Å². The van der Waals surface area contributed by atoms with Crippen LogP contribution >= 0.6 is 24.0 Å². The molecule has 0 amide bonds. The Balaban J connectivity index is 0. The van der Waals surface area contributed by atoms with Crippen molar-refractivity contribution in [1.29, 1.82) is 0 Å². The second-order valence-electron chi connectivity index (χ2n) is 5.84. The summed E-state index contributed by atoms with van der Waals surface area (Å²) in [6, 6.07) is 0.818. The summed E-state index contributed by atoms with van der Waals surface area (Å²) in [5.41, 5.74) is 5.43. The number of nitrogens with two attached hydrogens (primary N) is 1. The van der Waals surface area contributed by atoms with Gasteiger partial charge in [-0.05, 0) is 40.0 Å². The Morgan fingerprint density at radius 2 is 1.59 bits per heavy atom. The first-order valence-electron chi connectivity index (χ1n) is 9.89. The molecule has 6 nitrogen and oxygen atoms in total. The lowest BCUT2D eigenvalue weighted by Crippen LogP contribution is -2.46. The monoisotopic (exact) mass is 441 g/mol. The number of aliphatic carboxylic acids is 1. The average Bonchev–Trinajstić information content (AvgIpc) is 2.60. The predicted molar refractivity (Wildman–Crippen MR) is 120 cm³/mol. The van der Waals surface area contributed by atoms with Crippen molar-refractivity contribution in [3.8, 4) is 0 Å². The van der Waals surface area contributed by atoms with Gasteiger partial charge in [0, 0.05) is 31.6 Å². The summed E-state index contributed by atoms with van der Waals surface area (Å²) < 4.78 is 17.7. The van der Waals surface area contributed by atoms with Crippen molar-refractivity contribution < 1.29 is 23.2 Å². The van der Waals surface area contributed by atoms with Gasteiger partial charge in [0.1, 0.15) is 4.32 Å². The van der Waals surface area contributed by atoms with Gasteiger partial charge in [0.05, 0.1) is 5.92 Å². The molecule has 0 heterocycles. The zero-order valence-corrected chi connectivity index (χ0v) is 20.3. The second-order valence-corrected chi connectivity index (χ2v) is 10.4. The van der Waals surface area contributed by atoms with Crippen LogP contribution in [0.25, 0.3) is 0 Å². The van der Waals surface area contributed by atoms with E-state index in [4.69, 9.17) is 36.3 Å². The summed E-state index contributed by atoms with van der Waals surface area (Å²) in [5.74, 6) is 0.132. The van der Waals surface area contributed by atoms with Gasteiger partial charge < -0.3 is 24.1 Å². The fraction of sp³-hybridized carbons (Fsp3) is 0.889. The van der Waals surface area contributed by atoms with Crippen molar-refractivity contribution in [2.24, 2.45) is 11.7 Å². The summed E-state index contributed by atoms with van der Waals surface area (Å²) in [5, 5.41) is 8.60. The summed E-state index contributed by atoms with van der Waals surface area (Å²) in [6.45, 7) is 11.7. The van der Waals surface area contributed by atoms with Gasteiger partial charge in [0.15, 0.2) is 0 Å². The van der Waals surface area contributed by atoms with Crippen molar-refractivity contribution in [2.45, 2.75) is 72.8 Å². The highest BCUT2D eigenvalue weighted by Crippen LogP contribution is 2.19. The van der Waals surface area contributed by atoms with Crippen molar-refractivity contribution in [3.63, 3.8) is 0 Å². The van der Waals surface area contributed by atoms with Crippen LogP contribution in [0.3, 0.4) is 0 Å². The van der Waals surface area contributed by atoms with Crippen LogP contribution in [0.5, 0.6) is 0 Å².